The zero-order valence-corrected chi connectivity index (χ0v) is 22.4. The maximum Gasteiger partial charge on any atom is 0.223 e. The number of hydrogen-bond donors (Lipinski definition) is 1. The molecule has 0 saturated carbocycles. The molecule has 0 bridgehead atoms. The zero-order valence-electron chi connectivity index (χ0n) is 21.7. The number of hydrogen-bond acceptors (Lipinski definition) is 5. The van der Waals surface area contributed by atoms with E-state index in [0.29, 0.717) is 49.7 Å². The molecule has 1 N–H and O–H groups in total. The maximum absolute atomic E-state index is 13.4. The Balaban J connectivity index is 1.46. The van der Waals surface area contributed by atoms with E-state index in [0.717, 1.165) is 56.0 Å². The van der Waals surface area contributed by atoms with Crippen LogP contribution in [0.15, 0.2) is 24.3 Å². The van der Waals surface area contributed by atoms with Crippen molar-refractivity contribution in [2.24, 2.45) is 5.41 Å². The third-order valence-electron chi connectivity index (χ3n) is 7.61. The minimum Gasteiger partial charge on any atom is -0.493 e. The largest absolute Gasteiger partial charge is 0.493 e. The van der Waals surface area contributed by atoms with Gasteiger partial charge in [-0.05, 0) is 63.9 Å². The number of nitrogens with one attached hydrogen (secondary N) is 1. The molecular formula is C27H38ClN5O3. The number of carbonyl (C=O) groups excluding carboxylic acids is 2. The van der Waals surface area contributed by atoms with Crippen molar-refractivity contribution in [3.63, 3.8) is 0 Å². The third-order valence-corrected chi connectivity index (χ3v) is 7.84. The minimum absolute atomic E-state index is 0.119. The SMILES string of the molecule is Cc1n[nH]c(C)c1CCC(=O)N1CCC[C@@](COc2cccc(Cl)c2)(CC(=O)N2CCN(C)CC2)C1. The first kappa shape index (κ1) is 26.5. The van der Waals surface area contributed by atoms with Gasteiger partial charge in [0.05, 0.1) is 12.3 Å². The lowest BCUT2D eigenvalue weighted by Gasteiger charge is -2.43. The molecule has 0 unspecified atom stereocenters. The highest BCUT2D eigenvalue weighted by Gasteiger charge is 2.41. The average Bonchev–Trinajstić information content (AvgIpc) is 3.18. The number of benzene rings is 1. The second kappa shape index (κ2) is 11.6. The van der Waals surface area contributed by atoms with Crippen LogP contribution < -0.4 is 4.74 Å². The lowest BCUT2D eigenvalue weighted by atomic mass is 9.77. The van der Waals surface area contributed by atoms with Gasteiger partial charge in [-0.2, -0.15) is 5.10 Å². The van der Waals surface area contributed by atoms with Crippen molar-refractivity contribution in [2.75, 3.05) is 52.9 Å². The Hall–Kier alpha value is -2.58. The molecule has 1 aromatic carbocycles. The van der Waals surface area contributed by atoms with Crippen LogP contribution in [0.4, 0.5) is 0 Å². The van der Waals surface area contributed by atoms with E-state index >= 15 is 0 Å². The molecule has 196 valence electrons. The minimum atomic E-state index is -0.432. The number of piperazine rings is 1. The molecule has 2 saturated heterocycles. The fourth-order valence-corrected chi connectivity index (χ4v) is 5.53. The molecule has 9 heteroatoms. The summed E-state index contributed by atoms with van der Waals surface area (Å²) in [6, 6.07) is 7.34. The monoisotopic (exact) mass is 515 g/mol. The van der Waals surface area contributed by atoms with Gasteiger partial charge in [0, 0.05) is 68.2 Å². The molecule has 2 fully saturated rings. The number of aromatic nitrogens is 2. The van der Waals surface area contributed by atoms with Gasteiger partial charge in [0.2, 0.25) is 11.8 Å². The number of amides is 2. The lowest BCUT2D eigenvalue weighted by molar-refractivity contribution is -0.142. The van der Waals surface area contributed by atoms with E-state index in [4.69, 9.17) is 16.3 Å². The molecule has 1 atom stereocenters. The summed E-state index contributed by atoms with van der Waals surface area (Å²) in [4.78, 5) is 32.8. The Labute approximate surface area is 218 Å². The number of likely N-dealkylation sites (tertiary alicyclic amines) is 1. The summed E-state index contributed by atoms with van der Waals surface area (Å²) >= 11 is 6.16. The van der Waals surface area contributed by atoms with Crippen LogP contribution in [0, 0.1) is 19.3 Å². The molecule has 0 aliphatic carbocycles. The summed E-state index contributed by atoms with van der Waals surface area (Å²) in [5.41, 5.74) is 2.64. The Morgan fingerprint density at radius 1 is 1.11 bits per heavy atom. The first-order valence-electron chi connectivity index (χ1n) is 12.9. The number of H-pyrrole nitrogens is 1. The molecule has 2 amide bonds. The van der Waals surface area contributed by atoms with Crippen molar-refractivity contribution in [1.82, 2.24) is 24.9 Å². The van der Waals surface area contributed by atoms with E-state index in [-0.39, 0.29) is 11.8 Å². The fourth-order valence-electron chi connectivity index (χ4n) is 5.35. The van der Waals surface area contributed by atoms with Gasteiger partial charge in [0.1, 0.15) is 5.75 Å². The fraction of sp³-hybridized carbons (Fsp3) is 0.593. The number of carbonyl (C=O) groups is 2. The molecule has 3 heterocycles. The molecular weight excluding hydrogens is 478 g/mol. The van der Waals surface area contributed by atoms with E-state index in [1.54, 1.807) is 6.07 Å². The molecule has 0 radical (unpaired) electrons. The summed E-state index contributed by atoms with van der Waals surface area (Å²) < 4.78 is 6.20. The van der Waals surface area contributed by atoms with Crippen molar-refractivity contribution in [1.29, 1.82) is 0 Å². The molecule has 2 aliphatic heterocycles. The van der Waals surface area contributed by atoms with Crippen LogP contribution >= 0.6 is 11.6 Å². The van der Waals surface area contributed by atoms with Crippen molar-refractivity contribution < 1.29 is 14.3 Å². The Kier molecular flexibility index (Phi) is 8.57. The van der Waals surface area contributed by atoms with Crippen molar-refractivity contribution >= 4 is 23.4 Å². The number of nitrogens with zero attached hydrogens (tertiary/aromatic N) is 4. The molecule has 0 spiro atoms. The van der Waals surface area contributed by atoms with Crippen LogP contribution in [0.1, 0.15) is 42.6 Å². The highest BCUT2D eigenvalue weighted by molar-refractivity contribution is 6.30. The number of rotatable bonds is 8. The van der Waals surface area contributed by atoms with E-state index in [1.165, 1.54) is 0 Å². The van der Waals surface area contributed by atoms with E-state index in [9.17, 15) is 9.59 Å². The summed E-state index contributed by atoms with van der Waals surface area (Å²) in [5.74, 6) is 0.953. The van der Waals surface area contributed by atoms with Gasteiger partial charge < -0.3 is 19.4 Å². The molecule has 1 aromatic heterocycles. The summed E-state index contributed by atoms with van der Waals surface area (Å²) in [6.45, 7) is 8.81. The smallest absolute Gasteiger partial charge is 0.223 e. The van der Waals surface area contributed by atoms with Crippen LogP contribution in [0.2, 0.25) is 5.02 Å². The number of halogens is 1. The quantitative estimate of drug-likeness (QED) is 0.582. The molecule has 4 rings (SSSR count). The van der Waals surface area contributed by atoms with Crippen molar-refractivity contribution in [3.8, 4) is 5.75 Å². The van der Waals surface area contributed by atoms with E-state index in [1.807, 2.05) is 41.8 Å². The average molecular weight is 516 g/mol. The number of aryl methyl sites for hydroxylation is 2. The van der Waals surface area contributed by atoms with Gasteiger partial charge in [0.25, 0.3) is 0 Å². The summed E-state index contributed by atoms with van der Waals surface area (Å²) in [6.07, 6.45) is 3.16. The molecule has 36 heavy (non-hydrogen) atoms. The predicted octanol–water partition coefficient (Wildman–Crippen LogP) is 3.46. The first-order chi connectivity index (χ1) is 17.2. The van der Waals surface area contributed by atoms with Gasteiger partial charge in [-0.3, -0.25) is 14.7 Å². The van der Waals surface area contributed by atoms with E-state index < -0.39 is 5.41 Å². The summed E-state index contributed by atoms with van der Waals surface area (Å²) in [5, 5.41) is 7.86. The van der Waals surface area contributed by atoms with Gasteiger partial charge in [-0.1, -0.05) is 17.7 Å². The van der Waals surface area contributed by atoms with Gasteiger partial charge >= 0.3 is 0 Å². The Bertz CT molecular complexity index is 1050. The molecule has 2 aromatic rings. The van der Waals surface area contributed by atoms with Crippen LogP contribution in [0.3, 0.4) is 0 Å². The van der Waals surface area contributed by atoms with Gasteiger partial charge in [-0.25, -0.2) is 0 Å². The Morgan fingerprint density at radius 2 is 1.89 bits per heavy atom. The topological polar surface area (TPSA) is 81.8 Å². The lowest BCUT2D eigenvalue weighted by Crippen LogP contribution is -2.53. The first-order valence-corrected chi connectivity index (χ1v) is 13.3. The van der Waals surface area contributed by atoms with Crippen LogP contribution in [-0.2, 0) is 16.0 Å². The predicted molar refractivity (Wildman–Crippen MR) is 140 cm³/mol. The second-order valence-corrected chi connectivity index (χ2v) is 10.9. The number of piperidine rings is 1. The maximum atomic E-state index is 13.4. The van der Waals surface area contributed by atoms with E-state index in [2.05, 4.69) is 22.1 Å². The third kappa shape index (κ3) is 6.59. The highest BCUT2D eigenvalue weighted by Crippen LogP contribution is 2.36. The summed E-state index contributed by atoms with van der Waals surface area (Å²) in [7, 11) is 2.08. The van der Waals surface area contributed by atoms with Gasteiger partial charge in [0.15, 0.2) is 0 Å². The number of ether oxygens (including phenoxy) is 1. The standard InChI is InChI=1S/C27H38ClN5O3/c1-20-24(21(2)30-29-20)8-9-25(34)33-11-5-10-27(18-33,19-36-23-7-4-6-22(28)16-23)17-26(35)32-14-12-31(3)13-15-32/h4,6-7,16H,5,8-15,17-19H2,1-3H3,(H,29,30)/t27-/m1/s1. The van der Waals surface area contributed by atoms with Crippen molar-refractivity contribution in [3.05, 3.63) is 46.2 Å². The Morgan fingerprint density at radius 3 is 2.58 bits per heavy atom. The highest BCUT2D eigenvalue weighted by atomic mass is 35.5. The molecule has 2 aliphatic rings. The van der Waals surface area contributed by atoms with Crippen LogP contribution in [0.25, 0.3) is 0 Å². The zero-order chi connectivity index (χ0) is 25.7. The molecule has 8 nitrogen and oxygen atoms in total. The van der Waals surface area contributed by atoms with Crippen molar-refractivity contribution in [2.45, 2.75) is 46.0 Å². The number of aromatic amines is 1. The van der Waals surface area contributed by atoms with Gasteiger partial charge in [-0.15, -0.1) is 0 Å². The van der Waals surface area contributed by atoms with Crippen LogP contribution in [0.5, 0.6) is 5.75 Å². The number of likely N-dealkylation sites (N-methyl/N-ethyl adjacent to an activating group) is 1. The normalized spacial score (nSPS) is 21.0. The van der Waals surface area contributed by atoms with Crippen LogP contribution in [-0.4, -0.2) is 89.6 Å². The second-order valence-electron chi connectivity index (χ2n) is 10.4.